The lowest BCUT2D eigenvalue weighted by molar-refractivity contribution is 0.105. The van der Waals surface area contributed by atoms with Crippen LogP contribution in [0, 0.1) is 6.92 Å². The molecule has 0 fully saturated rings. The number of nitrogens with two attached hydrogens (primary N) is 2. The molecule has 1 aromatic rings. The summed E-state index contributed by atoms with van der Waals surface area (Å²) in [5.74, 6) is 0. The van der Waals surface area contributed by atoms with Crippen molar-refractivity contribution in [1.29, 1.82) is 0 Å². The maximum Gasteiger partial charge on any atom is 0.0717 e. The lowest BCUT2D eigenvalue weighted by Crippen LogP contribution is -2.26. The van der Waals surface area contributed by atoms with Crippen molar-refractivity contribution in [2.24, 2.45) is 11.5 Å². The van der Waals surface area contributed by atoms with Gasteiger partial charge in [0.1, 0.15) is 0 Å². The van der Waals surface area contributed by atoms with E-state index < -0.39 is 0 Å². The monoisotopic (exact) mass is 222 g/mol. The molecule has 90 valence electrons. The van der Waals surface area contributed by atoms with Gasteiger partial charge >= 0.3 is 0 Å². The molecule has 0 aliphatic heterocycles. The van der Waals surface area contributed by atoms with Crippen LogP contribution in [0.4, 0.5) is 0 Å². The molecule has 0 aromatic heterocycles. The number of rotatable bonds is 7. The molecule has 16 heavy (non-hydrogen) atoms. The van der Waals surface area contributed by atoms with Gasteiger partial charge in [0.2, 0.25) is 0 Å². The molecule has 0 saturated heterocycles. The first kappa shape index (κ1) is 13.2. The van der Waals surface area contributed by atoms with Crippen molar-refractivity contribution < 1.29 is 4.74 Å². The third-order valence-corrected chi connectivity index (χ3v) is 2.50. The van der Waals surface area contributed by atoms with Gasteiger partial charge in [-0.05, 0) is 31.9 Å². The van der Waals surface area contributed by atoms with Crippen LogP contribution in [0.25, 0.3) is 0 Å². The summed E-state index contributed by atoms with van der Waals surface area (Å²) in [6.07, 6.45) is 1.90. The summed E-state index contributed by atoms with van der Waals surface area (Å²) in [5, 5.41) is 0. The Balaban J connectivity index is 2.17. The fraction of sp³-hybridized carbons (Fsp3) is 0.538. The molecule has 1 atom stereocenters. The van der Waals surface area contributed by atoms with Crippen LogP contribution in [0.1, 0.15) is 24.0 Å². The van der Waals surface area contributed by atoms with Gasteiger partial charge in [-0.1, -0.05) is 29.8 Å². The van der Waals surface area contributed by atoms with Crippen LogP contribution in [-0.4, -0.2) is 19.2 Å². The highest BCUT2D eigenvalue weighted by molar-refractivity contribution is 5.20. The van der Waals surface area contributed by atoms with Gasteiger partial charge in [-0.25, -0.2) is 0 Å². The summed E-state index contributed by atoms with van der Waals surface area (Å²) >= 11 is 0. The zero-order valence-corrected chi connectivity index (χ0v) is 9.99. The van der Waals surface area contributed by atoms with E-state index in [-0.39, 0.29) is 6.04 Å². The normalized spacial score (nSPS) is 12.7. The number of hydrogen-bond donors (Lipinski definition) is 2. The SMILES string of the molecule is Cc1ccc(COCC(N)CCCN)cc1. The first-order valence-electron chi connectivity index (χ1n) is 5.81. The van der Waals surface area contributed by atoms with Crippen LogP contribution in [-0.2, 0) is 11.3 Å². The summed E-state index contributed by atoms with van der Waals surface area (Å²) in [6, 6.07) is 8.45. The average molecular weight is 222 g/mol. The Kier molecular flexibility index (Phi) is 6.08. The van der Waals surface area contributed by atoms with Crippen LogP contribution in [0.5, 0.6) is 0 Å². The van der Waals surface area contributed by atoms with Crippen molar-refractivity contribution in [3.8, 4) is 0 Å². The van der Waals surface area contributed by atoms with Crippen LogP contribution in [0.2, 0.25) is 0 Å². The Labute approximate surface area is 97.8 Å². The van der Waals surface area contributed by atoms with E-state index in [1.807, 2.05) is 0 Å². The standard InChI is InChI=1S/C13H22N2O/c1-11-4-6-12(7-5-11)9-16-10-13(15)3-2-8-14/h4-7,13H,2-3,8-10,14-15H2,1H3. The van der Waals surface area contributed by atoms with E-state index in [2.05, 4.69) is 31.2 Å². The minimum Gasteiger partial charge on any atom is -0.375 e. The molecule has 0 heterocycles. The summed E-state index contributed by atoms with van der Waals surface area (Å²) in [5.41, 5.74) is 13.7. The van der Waals surface area contributed by atoms with Gasteiger partial charge in [0, 0.05) is 6.04 Å². The Morgan fingerprint density at radius 1 is 1.25 bits per heavy atom. The van der Waals surface area contributed by atoms with Crippen molar-refractivity contribution in [2.75, 3.05) is 13.2 Å². The number of aryl methyl sites for hydroxylation is 1. The molecular formula is C13H22N2O. The van der Waals surface area contributed by atoms with Crippen molar-refractivity contribution in [1.82, 2.24) is 0 Å². The molecule has 0 amide bonds. The van der Waals surface area contributed by atoms with E-state index in [0.29, 0.717) is 19.8 Å². The molecule has 0 radical (unpaired) electrons. The molecule has 0 saturated carbocycles. The molecule has 0 bridgehead atoms. The first-order valence-corrected chi connectivity index (χ1v) is 5.81. The van der Waals surface area contributed by atoms with E-state index in [9.17, 15) is 0 Å². The van der Waals surface area contributed by atoms with Gasteiger partial charge in [-0.3, -0.25) is 0 Å². The fourth-order valence-corrected chi connectivity index (χ4v) is 1.48. The van der Waals surface area contributed by atoms with E-state index in [4.69, 9.17) is 16.2 Å². The first-order chi connectivity index (χ1) is 7.72. The summed E-state index contributed by atoms with van der Waals surface area (Å²) in [4.78, 5) is 0. The van der Waals surface area contributed by atoms with E-state index >= 15 is 0 Å². The van der Waals surface area contributed by atoms with E-state index in [1.54, 1.807) is 0 Å². The maximum atomic E-state index is 5.87. The minimum absolute atomic E-state index is 0.106. The predicted molar refractivity (Wildman–Crippen MR) is 67.1 cm³/mol. The minimum atomic E-state index is 0.106. The van der Waals surface area contributed by atoms with Crippen LogP contribution < -0.4 is 11.5 Å². The zero-order chi connectivity index (χ0) is 11.8. The number of benzene rings is 1. The van der Waals surface area contributed by atoms with Gasteiger partial charge < -0.3 is 16.2 Å². The second-order valence-electron chi connectivity index (χ2n) is 4.19. The highest BCUT2D eigenvalue weighted by Gasteiger charge is 2.01. The van der Waals surface area contributed by atoms with Gasteiger partial charge in [-0.15, -0.1) is 0 Å². The smallest absolute Gasteiger partial charge is 0.0717 e. The third-order valence-electron chi connectivity index (χ3n) is 2.50. The second kappa shape index (κ2) is 7.39. The fourth-order valence-electron chi connectivity index (χ4n) is 1.48. The second-order valence-corrected chi connectivity index (χ2v) is 4.19. The molecule has 1 unspecified atom stereocenters. The van der Waals surface area contributed by atoms with Crippen LogP contribution in [0.3, 0.4) is 0 Å². The molecule has 0 aliphatic carbocycles. The number of ether oxygens (including phenoxy) is 1. The molecular weight excluding hydrogens is 200 g/mol. The maximum absolute atomic E-state index is 5.87. The Morgan fingerprint density at radius 2 is 1.94 bits per heavy atom. The molecule has 0 spiro atoms. The van der Waals surface area contributed by atoms with Crippen molar-refractivity contribution in [3.63, 3.8) is 0 Å². The molecule has 1 aromatic carbocycles. The highest BCUT2D eigenvalue weighted by Crippen LogP contribution is 2.05. The average Bonchev–Trinajstić information content (AvgIpc) is 2.29. The van der Waals surface area contributed by atoms with E-state index in [1.165, 1.54) is 11.1 Å². The van der Waals surface area contributed by atoms with Crippen molar-refractivity contribution in [2.45, 2.75) is 32.4 Å². The largest absolute Gasteiger partial charge is 0.375 e. The lowest BCUT2D eigenvalue weighted by Gasteiger charge is -2.11. The van der Waals surface area contributed by atoms with Gasteiger partial charge in [-0.2, -0.15) is 0 Å². The molecule has 1 rings (SSSR count). The summed E-state index contributed by atoms with van der Waals surface area (Å²) in [7, 11) is 0. The molecule has 3 heteroatoms. The van der Waals surface area contributed by atoms with Gasteiger partial charge in [0.05, 0.1) is 13.2 Å². The summed E-state index contributed by atoms with van der Waals surface area (Å²) in [6.45, 7) is 4.02. The lowest BCUT2D eigenvalue weighted by atomic mass is 10.1. The molecule has 4 N–H and O–H groups in total. The highest BCUT2D eigenvalue weighted by atomic mass is 16.5. The Hall–Kier alpha value is -0.900. The topological polar surface area (TPSA) is 61.3 Å². The molecule has 0 aliphatic rings. The van der Waals surface area contributed by atoms with Gasteiger partial charge in [0.15, 0.2) is 0 Å². The third kappa shape index (κ3) is 5.26. The zero-order valence-electron chi connectivity index (χ0n) is 9.99. The van der Waals surface area contributed by atoms with Gasteiger partial charge in [0.25, 0.3) is 0 Å². The quantitative estimate of drug-likeness (QED) is 0.736. The summed E-state index contributed by atoms with van der Waals surface area (Å²) < 4.78 is 5.55. The molecule has 3 nitrogen and oxygen atoms in total. The van der Waals surface area contributed by atoms with Crippen molar-refractivity contribution >= 4 is 0 Å². The predicted octanol–water partition coefficient (Wildman–Crippen LogP) is 1.58. The number of hydrogen-bond acceptors (Lipinski definition) is 3. The Morgan fingerprint density at radius 3 is 2.56 bits per heavy atom. The Bertz CT molecular complexity index is 284. The van der Waals surface area contributed by atoms with Crippen LogP contribution >= 0.6 is 0 Å². The van der Waals surface area contributed by atoms with Crippen LogP contribution in [0.15, 0.2) is 24.3 Å². The van der Waals surface area contributed by atoms with Crippen molar-refractivity contribution in [3.05, 3.63) is 35.4 Å². The van der Waals surface area contributed by atoms with E-state index in [0.717, 1.165) is 12.8 Å².